The maximum Gasteiger partial charge on any atom is 0.343 e. The largest absolute Gasteiger partial charge is 0.343 e. The smallest absolute Gasteiger partial charge is 0.339 e. The predicted octanol–water partition coefficient (Wildman–Crippen LogP) is -0.0195. The fraction of sp³-hybridized carbons (Fsp3) is 0.667. The minimum atomic E-state index is -0.373. The molecule has 84 valence electrons. The molecule has 1 heterocycles. The fourth-order valence-corrected chi connectivity index (χ4v) is 1.18. The Bertz CT molecular complexity index is 393. The summed E-state index contributed by atoms with van der Waals surface area (Å²) in [7, 11) is 3.20. The molecule has 1 aromatic rings. The van der Waals surface area contributed by atoms with Gasteiger partial charge in [0.05, 0.1) is 0 Å². The summed E-state index contributed by atoms with van der Waals surface area (Å²) in [4.78, 5) is 26.7. The van der Waals surface area contributed by atoms with Crippen molar-refractivity contribution in [3.63, 3.8) is 0 Å². The molecular weight excluding hydrogens is 196 g/mol. The predicted molar refractivity (Wildman–Crippen MR) is 55.7 cm³/mol. The standard InChI is InChI=1S/C9H16N4O2/c1-4-5-6-12(2)8(14)7-10-9(15)13(3)11-7/h4-6H2,1-3H3,(H,10,11,15). The van der Waals surface area contributed by atoms with Crippen molar-refractivity contribution in [2.24, 2.45) is 7.05 Å². The number of nitrogens with zero attached hydrogens (tertiary/aromatic N) is 3. The van der Waals surface area contributed by atoms with E-state index in [1.807, 2.05) is 0 Å². The molecule has 0 radical (unpaired) electrons. The molecule has 0 fully saturated rings. The summed E-state index contributed by atoms with van der Waals surface area (Å²) in [6.45, 7) is 2.73. The van der Waals surface area contributed by atoms with Crippen molar-refractivity contribution in [2.45, 2.75) is 19.8 Å². The van der Waals surface area contributed by atoms with E-state index in [-0.39, 0.29) is 17.4 Å². The fourth-order valence-electron chi connectivity index (χ4n) is 1.18. The Morgan fingerprint density at radius 3 is 2.73 bits per heavy atom. The Morgan fingerprint density at radius 2 is 2.27 bits per heavy atom. The van der Waals surface area contributed by atoms with Crippen LogP contribution in [0.5, 0.6) is 0 Å². The zero-order valence-corrected chi connectivity index (χ0v) is 9.28. The Labute approximate surface area is 87.9 Å². The summed E-state index contributed by atoms with van der Waals surface area (Å²) in [5.74, 6) is -0.151. The molecule has 6 nitrogen and oxygen atoms in total. The minimum absolute atomic E-state index is 0.0982. The van der Waals surface area contributed by atoms with E-state index in [1.165, 1.54) is 7.05 Å². The summed E-state index contributed by atoms with van der Waals surface area (Å²) in [6.07, 6.45) is 1.97. The maximum absolute atomic E-state index is 11.7. The van der Waals surface area contributed by atoms with Crippen LogP contribution in [0.2, 0.25) is 0 Å². The number of carbonyl (C=O) groups excluding carboxylic acids is 1. The molecule has 1 rings (SSSR count). The monoisotopic (exact) mass is 212 g/mol. The van der Waals surface area contributed by atoms with Gasteiger partial charge in [-0.3, -0.25) is 9.78 Å². The molecule has 1 aromatic heterocycles. The first kappa shape index (κ1) is 11.5. The van der Waals surface area contributed by atoms with Crippen LogP contribution in [0.15, 0.2) is 4.79 Å². The minimum Gasteiger partial charge on any atom is -0.339 e. The highest BCUT2D eigenvalue weighted by Crippen LogP contribution is 1.97. The van der Waals surface area contributed by atoms with Crippen LogP contribution < -0.4 is 5.69 Å². The molecule has 15 heavy (non-hydrogen) atoms. The third-order valence-electron chi connectivity index (χ3n) is 2.17. The second-order valence-electron chi connectivity index (χ2n) is 3.48. The van der Waals surface area contributed by atoms with Crippen molar-refractivity contribution in [3.8, 4) is 0 Å². The molecule has 6 heteroatoms. The van der Waals surface area contributed by atoms with Gasteiger partial charge in [0.15, 0.2) is 0 Å². The van der Waals surface area contributed by atoms with Gasteiger partial charge in [-0.25, -0.2) is 9.48 Å². The van der Waals surface area contributed by atoms with Crippen LogP contribution in [0, 0.1) is 0 Å². The SMILES string of the molecule is CCCCN(C)C(=O)c1nn(C)c(=O)[nH]1. The first-order valence-electron chi connectivity index (χ1n) is 4.95. The molecule has 0 aliphatic carbocycles. The van der Waals surface area contributed by atoms with Crippen LogP contribution in [0.1, 0.15) is 30.4 Å². The number of hydrogen-bond donors (Lipinski definition) is 1. The highest BCUT2D eigenvalue weighted by Gasteiger charge is 2.15. The van der Waals surface area contributed by atoms with Crippen molar-refractivity contribution in [1.82, 2.24) is 19.7 Å². The molecule has 0 bridgehead atoms. The average molecular weight is 212 g/mol. The van der Waals surface area contributed by atoms with Gasteiger partial charge in [0, 0.05) is 20.6 Å². The highest BCUT2D eigenvalue weighted by molar-refractivity contribution is 5.90. The Morgan fingerprint density at radius 1 is 1.60 bits per heavy atom. The van der Waals surface area contributed by atoms with Gasteiger partial charge >= 0.3 is 5.69 Å². The lowest BCUT2D eigenvalue weighted by Crippen LogP contribution is -2.28. The lowest BCUT2D eigenvalue weighted by molar-refractivity contribution is 0.0781. The number of hydrogen-bond acceptors (Lipinski definition) is 3. The van der Waals surface area contributed by atoms with Gasteiger partial charge in [0.1, 0.15) is 0 Å². The number of aromatic nitrogens is 3. The molecule has 1 amide bonds. The Kier molecular flexibility index (Phi) is 3.65. The first-order valence-corrected chi connectivity index (χ1v) is 4.95. The molecule has 0 aromatic carbocycles. The van der Waals surface area contributed by atoms with Crippen LogP contribution in [-0.4, -0.2) is 39.2 Å². The summed E-state index contributed by atoms with van der Waals surface area (Å²) in [5.41, 5.74) is -0.373. The number of rotatable bonds is 4. The molecule has 0 saturated carbocycles. The molecular formula is C9H16N4O2. The number of carbonyl (C=O) groups is 1. The van der Waals surface area contributed by atoms with Gasteiger partial charge < -0.3 is 4.90 Å². The van der Waals surface area contributed by atoms with E-state index in [2.05, 4.69) is 17.0 Å². The number of amides is 1. The van der Waals surface area contributed by atoms with Crippen LogP contribution in [0.25, 0.3) is 0 Å². The van der Waals surface area contributed by atoms with E-state index in [0.717, 1.165) is 17.5 Å². The topological polar surface area (TPSA) is 71.0 Å². The normalized spacial score (nSPS) is 10.3. The number of aryl methyl sites for hydroxylation is 1. The summed E-state index contributed by atoms with van der Waals surface area (Å²) >= 11 is 0. The zero-order valence-electron chi connectivity index (χ0n) is 9.28. The Hall–Kier alpha value is -1.59. The molecule has 1 N–H and O–H groups in total. The average Bonchev–Trinajstić information content (AvgIpc) is 2.54. The van der Waals surface area contributed by atoms with Gasteiger partial charge in [0.25, 0.3) is 5.91 Å². The molecule has 0 atom stereocenters. The number of nitrogens with one attached hydrogen (secondary N) is 1. The van der Waals surface area contributed by atoms with Crippen molar-refractivity contribution in [2.75, 3.05) is 13.6 Å². The van der Waals surface area contributed by atoms with Gasteiger partial charge in [-0.05, 0) is 6.42 Å². The van der Waals surface area contributed by atoms with Gasteiger partial charge in [-0.2, -0.15) is 0 Å². The van der Waals surface area contributed by atoms with E-state index in [9.17, 15) is 9.59 Å². The van der Waals surface area contributed by atoms with Crippen LogP contribution in [-0.2, 0) is 7.05 Å². The zero-order chi connectivity index (χ0) is 11.4. The van der Waals surface area contributed by atoms with Gasteiger partial charge in [-0.15, -0.1) is 5.10 Å². The molecule has 0 aliphatic rings. The van der Waals surface area contributed by atoms with E-state index >= 15 is 0 Å². The molecule has 0 spiro atoms. The molecule has 0 saturated heterocycles. The molecule has 0 unspecified atom stereocenters. The highest BCUT2D eigenvalue weighted by atomic mass is 16.2. The van der Waals surface area contributed by atoms with Crippen LogP contribution in [0.4, 0.5) is 0 Å². The first-order chi connectivity index (χ1) is 7.06. The Balaban J connectivity index is 2.72. The third kappa shape index (κ3) is 2.68. The molecule has 0 aliphatic heterocycles. The lowest BCUT2D eigenvalue weighted by atomic mass is 10.3. The van der Waals surface area contributed by atoms with Crippen molar-refractivity contribution < 1.29 is 4.79 Å². The lowest BCUT2D eigenvalue weighted by Gasteiger charge is -2.14. The van der Waals surface area contributed by atoms with E-state index in [4.69, 9.17) is 0 Å². The van der Waals surface area contributed by atoms with Crippen LogP contribution in [0.3, 0.4) is 0 Å². The van der Waals surface area contributed by atoms with E-state index in [0.29, 0.717) is 6.54 Å². The quantitative estimate of drug-likeness (QED) is 0.762. The summed E-state index contributed by atoms with van der Waals surface area (Å²) < 4.78 is 1.11. The van der Waals surface area contributed by atoms with Gasteiger partial charge in [0.2, 0.25) is 5.82 Å². The van der Waals surface area contributed by atoms with Gasteiger partial charge in [-0.1, -0.05) is 13.3 Å². The second-order valence-corrected chi connectivity index (χ2v) is 3.48. The van der Waals surface area contributed by atoms with Crippen molar-refractivity contribution in [1.29, 1.82) is 0 Å². The summed E-state index contributed by atoms with van der Waals surface area (Å²) in [6, 6.07) is 0. The number of H-pyrrole nitrogens is 1. The number of aromatic amines is 1. The maximum atomic E-state index is 11.7. The number of unbranched alkanes of at least 4 members (excludes halogenated alkanes) is 1. The third-order valence-corrected chi connectivity index (χ3v) is 2.17. The van der Waals surface area contributed by atoms with E-state index in [1.54, 1.807) is 11.9 Å². The van der Waals surface area contributed by atoms with Crippen molar-refractivity contribution in [3.05, 3.63) is 16.3 Å². The van der Waals surface area contributed by atoms with Crippen molar-refractivity contribution >= 4 is 5.91 Å². The summed E-state index contributed by atoms with van der Waals surface area (Å²) in [5, 5.41) is 3.80. The van der Waals surface area contributed by atoms with Crippen LogP contribution >= 0.6 is 0 Å². The second kappa shape index (κ2) is 4.77. The van der Waals surface area contributed by atoms with E-state index < -0.39 is 0 Å².